The molecule has 1 fully saturated rings. The van der Waals surface area contributed by atoms with E-state index in [2.05, 4.69) is 46.4 Å². The number of hydrogen-bond donors (Lipinski definition) is 3. The normalized spacial score (nSPS) is 15.1. The number of hydrogen-bond acceptors (Lipinski definition) is 8. The van der Waals surface area contributed by atoms with Crippen LogP contribution in [0.5, 0.6) is 0 Å². The summed E-state index contributed by atoms with van der Waals surface area (Å²) < 4.78 is 6.27. The van der Waals surface area contributed by atoms with Gasteiger partial charge in [0.2, 0.25) is 0 Å². The molecule has 0 amide bonds. The van der Waals surface area contributed by atoms with Crippen LogP contribution in [0.25, 0.3) is 0 Å². The van der Waals surface area contributed by atoms with Gasteiger partial charge in [-0.2, -0.15) is 0 Å². The second kappa shape index (κ2) is 8.93. The van der Waals surface area contributed by atoms with Gasteiger partial charge in [-0.3, -0.25) is 4.90 Å². The number of halogens is 1. The topological polar surface area (TPSA) is 101 Å². The summed E-state index contributed by atoms with van der Waals surface area (Å²) >= 11 is 3.36. The smallest absolute Gasteiger partial charge is 0.160 e. The molecule has 3 rings (SSSR count). The van der Waals surface area contributed by atoms with Crippen molar-refractivity contribution in [3.8, 4) is 0 Å². The Balaban J connectivity index is 1.52. The van der Waals surface area contributed by atoms with Crippen LogP contribution < -0.4 is 16.4 Å². The predicted molar refractivity (Wildman–Crippen MR) is 102 cm³/mol. The lowest BCUT2D eigenvalue weighted by Crippen LogP contribution is -2.37. The van der Waals surface area contributed by atoms with E-state index >= 15 is 0 Å². The number of pyridine rings is 1. The fourth-order valence-electron chi connectivity index (χ4n) is 2.54. The number of rotatable bonds is 7. The van der Waals surface area contributed by atoms with Gasteiger partial charge in [0.15, 0.2) is 11.6 Å². The molecule has 3 heterocycles. The van der Waals surface area contributed by atoms with Gasteiger partial charge >= 0.3 is 0 Å². The van der Waals surface area contributed by atoms with Crippen molar-refractivity contribution >= 4 is 39.1 Å². The van der Waals surface area contributed by atoms with Crippen molar-refractivity contribution in [2.75, 3.05) is 55.8 Å². The Morgan fingerprint density at radius 2 is 1.96 bits per heavy atom. The molecule has 9 heteroatoms. The molecular formula is C16H22BrN7O. The summed E-state index contributed by atoms with van der Waals surface area (Å²) in [6, 6.07) is 3.75. The van der Waals surface area contributed by atoms with Crippen LogP contribution in [0, 0.1) is 0 Å². The zero-order valence-corrected chi connectivity index (χ0v) is 15.5. The number of ether oxygens (including phenoxy) is 1. The summed E-state index contributed by atoms with van der Waals surface area (Å²) in [6.07, 6.45) is 4.22. The maximum absolute atomic E-state index is 6.17. The molecule has 134 valence electrons. The fraction of sp³-hybridized carbons (Fsp3) is 0.438. The average molecular weight is 408 g/mol. The van der Waals surface area contributed by atoms with Gasteiger partial charge in [-0.05, 0) is 41.0 Å². The Labute approximate surface area is 155 Å². The second-order valence-electron chi connectivity index (χ2n) is 5.71. The van der Waals surface area contributed by atoms with Crippen molar-refractivity contribution in [2.45, 2.75) is 6.42 Å². The third-order valence-corrected chi connectivity index (χ3v) is 4.37. The molecule has 4 N–H and O–H groups in total. The van der Waals surface area contributed by atoms with Gasteiger partial charge in [0.1, 0.15) is 17.8 Å². The summed E-state index contributed by atoms with van der Waals surface area (Å²) in [7, 11) is 0. The summed E-state index contributed by atoms with van der Waals surface area (Å²) in [4.78, 5) is 15.1. The van der Waals surface area contributed by atoms with Crippen LogP contribution in [0.1, 0.15) is 6.42 Å². The SMILES string of the molecule is Nc1c(NCCCN2CCOCC2)ncnc1Nc1ccc(Br)cn1. The average Bonchev–Trinajstić information content (AvgIpc) is 2.64. The zero-order chi connectivity index (χ0) is 17.5. The number of aromatic nitrogens is 3. The van der Waals surface area contributed by atoms with E-state index in [1.165, 1.54) is 6.33 Å². The highest BCUT2D eigenvalue weighted by atomic mass is 79.9. The van der Waals surface area contributed by atoms with Crippen LogP contribution in [-0.2, 0) is 4.74 Å². The van der Waals surface area contributed by atoms with E-state index < -0.39 is 0 Å². The summed E-state index contributed by atoms with van der Waals surface area (Å²) in [5.41, 5.74) is 6.66. The first-order valence-electron chi connectivity index (χ1n) is 8.25. The van der Waals surface area contributed by atoms with Crippen molar-refractivity contribution in [1.29, 1.82) is 0 Å². The molecule has 25 heavy (non-hydrogen) atoms. The Kier molecular flexibility index (Phi) is 6.37. The van der Waals surface area contributed by atoms with Crippen molar-refractivity contribution in [3.05, 3.63) is 29.1 Å². The van der Waals surface area contributed by atoms with Gasteiger partial charge in [-0.1, -0.05) is 0 Å². The molecule has 0 radical (unpaired) electrons. The number of nitrogens with zero attached hydrogens (tertiary/aromatic N) is 4. The molecule has 2 aromatic heterocycles. The number of nitrogen functional groups attached to an aromatic ring is 1. The first-order chi connectivity index (χ1) is 12.2. The van der Waals surface area contributed by atoms with E-state index in [1.54, 1.807) is 6.20 Å². The third kappa shape index (κ3) is 5.25. The lowest BCUT2D eigenvalue weighted by Gasteiger charge is -2.26. The molecule has 0 aromatic carbocycles. The predicted octanol–water partition coefficient (Wildman–Crippen LogP) is 2.09. The first kappa shape index (κ1) is 17.8. The van der Waals surface area contributed by atoms with Crippen LogP contribution in [0.4, 0.5) is 23.1 Å². The molecule has 0 atom stereocenters. The highest BCUT2D eigenvalue weighted by molar-refractivity contribution is 9.10. The quantitative estimate of drug-likeness (QED) is 0.599. The van der Waals surface area contributed by atoms with Gasteiger partial charge in [0, 0.05) is 30.3 Å². The molecule has 0 aliphatic carbocycles. The largest absolute Gasteiger partial charge is 0.393 e. The fourth-order valence-corrected chi connectivity index (χ4v) is 2.78. The third-order valence-electron chi connectivity index (χ3n) is 3.91. The molecular weight excluding hydrogens is 386 g/mol. The van der Waals surface area contributed by atoms with Crippen LogP contribution in [-0.4, -0.2) is 59.2 Å². The molecule has 0 spiro atoms. The molecule has 1 aliphatic heterocycles. The van der Waals surface area contributed by atoms with E-state index in [1.807, 2.05) is 12.1 Å². The summed E-state index contributed by atoms with van der Waals surface area (Å²) in [5, 5.41) is 6.40. The minimum atomic E-state index is 0.485. The molecule has 1 aliphatic rings. The monoisotopic (exact) mass is 407 g/mol. The first-order valence-corrected chi connectivity index (χ1v) is 9.05. The summed E-state index contributed by atoms with van der Waals surface area (Å²) in [5.74, 6) is 1.85. The van der Waals surface area contributed by atoms with Crippen LogP contribution in [0.15, 0.2) is 29.1 Å². The van der Waals surface area contributed by atoms with Crippen molar-refractivity contribution < 1.29 is 4.74 Å². The number of morpholine rings is 1. The standard InChI is InChI=1S/C16H22BrN7O/c17-12-2-3-13(20-10-12)23-16-14(18)15(21-11-22-16)19-4-1-5-24-6-8-25-9-7-24/h2-3,10-11H,1,4-9,18H2,(H2,19,20,21,22,23). The minimum Gasteiger partial charge on any atom is -0.393 e. The summed E-state index contributed by atoms with van der Waals surface area (Å²) in [6.45, 7) is 5.49. The highest BCUT2D eigenvalue weighted by Gasteiger charge is 2.11. The Morgan fingerprint density at radius 1 is 1.16 bits per heavy atom. The van der Waals surface area contributed by atoms with Gasteiger partial charge in [-0.25, -0.2) is 15.0 Å². The van der Waals surface area contributed by atoms with Crippen molar-refractivity contribution in [3.63, 3.8) is 0 Å². The van der Waals surface area contributed by atoms with E-state index in [0.29, 0.717) is 23.1 Å². The van der Waals surface area contributed by atoms with Gasteiger partial charge in [-0.15, -0.1) is 0 Å². The van der Waals surface area contributed by atoms with Crippen LogP contribution in [0.3, 0.4) is 0 Å². The Bertz CT molecular complexity index is 677. The lowest BCUT2D eigenvalue weighted by atomic mass is 10.3. The number of nitrogens with two attached hydrogens (primary N) is 1. The van der Waals surface area contributed by atoms with Crippen LogP contribution >= 0.6 is 15.9 Å². The number of anilines is 4. The zero-order valence-electron chi connectivity index (χ0n) is 13.9. The molecule has 8 nitrogen and oxygen atoms in total. The van der Waals surface area contributed by atoms with E-state index in [-0.39, 0.29) is 0 Å². The lowest BCUT2D eigenvalue weighted by molar-refractivity contribution is 0.0378. The number of nitrogens with one attached hydrogen (secondary N) is 2. The van der Waals surface area contributed by atoms with E-state index in [0.717, 1.165) is 50.3 Å². The maximum Gasteiger partial charge on any atom is 0.160 e. The Hall–Kier alpha value is -1.97. The molecule has 0 bridgehead atoms. The highest BCUT2D eigenvalue weighted by Crippen LogP contribution is 2.25. The molecule has 1 saturated heterocycles. The van der Waals surface area contributed by atoms with E-state index in [9.17, 15) is 0 Å². The van der Waals surface area contributed by atoms with Gasteiger partial charge in [0.05, 0.1) is 13.2 Å². The van der Waals surface area contributed by atoms with E-state index in [4.69, 9.17) is 10.5 Å². The van der Waals surface area contributed by atoms with Gasteiger partial charge < -0.3 is 21.1 Å². The minimum absolute atomic E-state index is 0.485. The molecule has 2 aromatic rings. The van der Waals surface area contributed by atoms with Crippen molar-refractivity contribution in [1.82, 2.24) is 19.9 Å². The van der Waals surface area contributed by atoms with Crippen molar-refractivity contribution in [2.24, 2.45) is 0 Å². The maximum atomic E-state index is 6.17. The second-order valence-corrected chi connectivity index (χ2v) is 6.62. The van der Waals surface area contributed by atoms with Crippen LogP contribution in [0.2, 0.25) is 0 Å². The molecule has 0 saturated carbocycles. The van der Waals surface area contributed by atoms with Gasteiger partial charge in [0.25, 0.3) is 0 Å². The Morgan fingerprint density at radius 3 is 2.72 bits per heavy atom. The molecule has 0 unspecified atom stereocenters.